The molecule has 0 bridgehead atoms. The Hall–Kier alpha value is -1.04. The normalized spacial score (nSPS) is 11.2. The minimum absolute atomic E-state index is 0.282. The monoisotopic (exact) mass is 276 g/mol. The van der Waals surface area contributed by atoms with Crippen LogP contribution in [0, 0.1) is 0 Å². The van der Waals surface area contributed by atoms with Crippen molar-refractivity contribution < 1.29 is 13.9 Å². The first-order chi connectivity index (χ1) is 6.87. The molecule has 0 unspecified atom stereocenters. The lowest BCUT2D eigenvalue weighted by Crippen LogP contribution is -2.32. The van der Waals surface area contributed by atoms with Crippen LogP contribution in [0.3, 0.4) is 0 Å². The Kier molecular flexibility index (Phi) is 3.73. The van der Waals surface area contributed by atoms with Gasteiger partial charge in [-0.05, 0) is 20.8 Å². The van der Waals surface area contributed by atoms with Crippen LogP contribution in [-0.4, -0.2) is 16.7 Å². The zero-order chi connectivity index (χ0) is 11.5. The second-order valence-electron chi connectivity index (χ2n) is 3.95. The summed E-state index contributed by atoms with van der Waals surface area (Å²) in [5.41, 5.74) is 0.141. The molecule has 1 aromatic heterocycles. The van der Waals surface area contributed by atoms with Crippen LogP contribution in [0.5, 0.6) is 0 Å². The van der Waals surface area contributed by atoms with Gasteiger partial charge in [-0.3, -0.25) is 0 Å². The summed E-state index contributed by atoms with van der Waals surface area (Å²) >= 11 is 3.07. The van der Waals surface area contributed by atoms with Gasteiger partial charge in [-0.25, -0.2) is 9.78 Å². The SMILES string of the molecule is CC(C)(C)OC(=O)NCc1coc(Br)n1. The van der Waals surface area contributed by atoms with E-state index in [0.29, 0.717) is 10.5 Å². The number of oxazole rings is 1. The number of nitrogens with zero attached hydrogens (tertiary/aromatic N) is 1. The van der Waals surface area contributed by atoms with Crippen LogP contribution in [-0.2, 0) is 11.3 Å². The summed E-state index contributed by atoms with van der Waals surface area (Å²) in [6.07, 6.45) is 0.989. The molecule has 84 valence electrons. The van der Waals surface area contributed by atoms with Crippen molar-refractivity contribution in [1.29, 1.82) is 0 Å². The molecule has 15 heavy (non-hydrogen) atoms. The number of hydrogen-bond acceptors (Lipinski definition) is 4. The Morgan fingerprint density at radius 2 is 2.33 bits per heavy atom. The molecule has 1 amide bonds. The number of rotatable bonds is 2. The average molecular weight is 277 g/mol. The fraction of sp³-hybridized carbons (Fsp3) is 0.556. The Labute approximate surface area is 96.3 Å². The van der Waals surface area contributed by atoms with E-state index in [2.05, 4.69) is 26.2 Å². The number of ether oxygens (including phenoxy) is 1. The van der Waals surface area contributed by atoms with E-state index in [0.717, 1.165) is 0 Å². The third-order valence-corrected chi connectivity index (χ3v) is 1.70. The fourth-order valence-corrected chi connectivity index (χ4v) is 1.16. The van der Waals surface area contributed by atoms with E-state index < -0.39 is 11.7 Å². The molecule has 6 heteroatoms. The minimum Gasteiger partial charge on any atom is -0.444 e. The Morgan fingerprint density at radius 3 is 2.80 bits per heavy atom. The molecule has 0 saturated heterocycles. The molecule has 1 aromatic rings. The lowest BCUT2D eigenvalue weighted by molar-refractivity contribution is 0.0523. The molecule has 1 heterocycles. The lowest BCUT2D eigenvalue weighted by atomic mass is 10.2. The highest BCUT2D eigenvalue weighted by atomic mass is 79.9. The molecule has 0 atom stereocenters. The minimum atomic E-state index is -0.492. The van der Waals surface area contributed by atoms with Crippen molar-refractivity contribution in [1.82, 2.24) is 10.3 Å². The Bertz CT molecular complexity index is 343. The molecule has 0 aliphatic heterocycles. The maximum Gasteiger partial charge on any atom is 0.407 e. The first-order valence-electron chi connectivity index (χ1n) is 4.43. The van der Waals surface area contributed by atoms with Gasteiger partial charge in [-0.2, -0.15) is 0 Å². The van der Waals surface area contributed by atoms with Crippen molar-refractivity contribution in [3.05, 3.63) is 16.8 Å². The standard InChI is InChI=1S/C9H13BrN2O3/c1-9(2,3)15-8(13)11-4-6-5-14-7(10)12-6/h5H,4H2,1-3H3,(H,11,13). The highest BCUT2D eigenvalue weighted by Crippen LogP contribution is 2.09. The van der Waals surface area contributed by atoms with Gasteiger partial charge < -0.3 is 14.5 Å². The summed E-state index contributed by atoms with van der Waals surface area (Å²) in [5.74, 6) is 0. The van der Waals surface area contributed by atoms with Crippen molar-refractivity contribution in [2.45, 2.75) is 32.9 Å². The molecule has 0 aliphatic rings. The van der Waals surface area contributed by atoms with Crippen LogP contribution < -0.4 is 5.32 Å². The van der Waals surface area contributed by atoms with Gasteiger partial charge in [0.2, 0.25) is 0 Å². The van der Waals surface area contributed by atoms with Gasteiger partial charge in [-0.15, -0.1) is 0 Å². The van der Waals surface area contributed by atoms with Gasteiger partial charge in [-0.1, -0.05) is 0 Å². The first-order valence-corrected chi connectivity index (χ1v) is 5.23. The molecular formula is C9H13BrN2O3. The first kappa shape index (κ1) is 12.0. The van der Waals surface area contributed by atoms with Gasteiger partial charge >= 0.3 is 6.09 Å². The second kappa shape index (κ2) is 4.65. The zero-order valence-corrected chi connectivity index (χ0v) is 10.4. The van der Waals surface area contributed by atoms with Gasteiger partial charge in [0, 0.05) is 15.9 Å². The molecule has 0 saturated carbocycles. The molecule has 5 nitrogen and oxygen atoms in total. The van der Waals surface area contributed by atoms with Crippen molar-refractivity contribution in [3.63, 3.8) is 0 Å². The van der Waals surface area contributed by atoms with Gasteiger partial charge in [0.25, 0.3) is 4.80 Å². The van der Waals surface area contributed by atoms with Crippen LogP contribution in [0.1, 0.15) is 26.5 Å². The quantitative estimate of drug-likeness (QED) is 0.901. The van der Waals surface area contributed by atoms with E-state index in [4.69, 9.17) is 9.15 Å². The van der Waals surface area contributed by atoms with Crippen LogP contribution in [0.15, 0.2) is 15.5 Å². The van der Waals surface area contributed by atoms with Crippen LogP contribution in [0.4, 0.5) is 4.79 Å². The molecule has 0 spiro atoms. The summed E-state index contributed by atoms with van der Waals surface area (Å²) < 4.78 is 9.96. The van der Waals surface area contributed by atoms with Crippen molar-refractivity contribution >= 4 is 22.0 Å². The number of amides is 1. The van der Waals surface area contributed by atoms with Crippen LogP contribution in [0.2, 0.25) is 0 Å². The average Bonchev–Trinajstić information content (AvgIpc) is 2.45. The highest BCUT2D eigenvalue weighted by Gasteiger charge is 2.15. The molecule has 0 aliphatic carbocycles. The maximum atomic E-state index is 11.2. The van der Waals surface area contributed by atoms with Gasteiger partial charge in [0.1, 0.15) is 11.9 Å². The molecule has 0 aromatic carbocycles. The molecule has 1 N–H and O–H groups in total. The van der Waals surface area contributed by atoms with Crippen molar-refractivity contribution in [2.75, 3.05) is 0 Å². The number of hydrogen-bond donors (Lipinski definition) is 1. The number of nitrogens with one attached hydrogen (secondary N) is 1. The van der Waals surface area contributed by atoms with Crippen LogP contribution >= 0.6 is 15.9 Å². The number of alkyl carbamates (subject to hydrolysis) is 1. The zero-order valence-electron chi connectivity index (χ0n) is 8.83. The van der Waals surface area contributed by atoms with E-state index in [1.807, 2.05) is 0 Å². The van der Waals surface area contributed by atoms with E-state index in [9.17, 15) is 4.79 Å². The van der Waals surface area contributed by atoms with Crippen molar-refractivity contribution in [3.8, 4) is 0 Å². The lowest BCUT2D eigenvalue weighted by Gasteiger charge is -2.19. The van der Waals surface area contributed by atoms with E-state index in [1.54, 1.807) is 20.8 Å². The second-order valence-corrected chi connectivity index (χ2v) is 4.63. The molecule has 1 rings (SSSR count). The summed E-state index contributed by atoms with van der Waals surface area (Å²) in [7, 11) is 0. The number of aromatic nitrogens is 1. The third-order valence-electron chi connectivity index (χ3n) is 1.34. The summed E-state index contributed by atoms with van der Waals surface area (Å²) in [5, 5.41) is 2.56. The third kappa shape index (κ3) is 4.83. The fourth-order valence-electron chi connectivity index (χ4n) is 0.840. The van der Waals surface area contributed by atoms with Gasteiger partial charge in [0.05, 0.1) is 12.2 Å². The van der Waals surface area contributed by atoms with Crippen molar-refractivity contribution in [2.24, 2.45) is 0 Å². The maximum absolute atomic E-state index is 11.2. The predicted molar refractivity (Wildman–Crippen MR) is 57.3 cm³/mol. The Balaban J connectivity index is 2.35. The molecule has 0 radical (unpaired) electrons. The van der Waals surface area contributed by atoms with Crippen LogP contribution in [0.25, 0.3) is 0 Å². The number of carbonyl (C=O) groups is 1. The Morgan fingerprint density at radius 1 is 1.67 bits per heavy atom. The summed E-state index contributed by atoms with van der Waals surface area (Å²) in [4.78, 5) is 15.6. The largest absolute Gasteiger partial charge is 0.444 e. The topological polar surface area (TPSA) is 64.4 Å². The van der Waals surface area contributed by atoms with E-state index in [-0.39, 0.29) is 6.54 Å². The molecule has 0 fully saturated rings. The van der Waals surface area contributed by atoms with E-state index in [1.165, 1.54) is 6.26 Å². The summed E-state index contributed by atoms with van der Waals surface area (Å²) in [6.45, 7) is 5.70. The van der Waals surface area contributed by atoms with E-state index >= 15 is 0 Å². The van der Waals surface area contributed by atoms with Gasteiger partial charge in [0.15, 0.2) is 0 Å². The summed E-state index contributed by atoms with van der Waals surface area (Å²) in [6, 6.07) is 0. The molecular weight excluding hydrogens is 264 g/mol. The number of halogens is 1. The highest BCUT2D eigenvalue weighted by molar-refractivity contribution is 9.10. The smallest absolute Gasteiger partial charge is 0.407 e. The number of carbonyl (C=O) groups excluding carboxylic acids is 1. The predicted octanol–water partition coefficient (Wildman–Crippen LogP) is 2.46.